The summed E-state index contributed by atoms with van der Waals surface area (Å²) in [6.07, 6.45) is 8.20. The number of aryl methyl sites for hydroxylation is 1. The zero-order valence-electron chi connectivity index (χ0n) is 21.1. The average molecular weight is 494 g/mol. The van der Waals surface area contributed by atoms with Gasteiger partial charge in [-0.3, -0.25) is 14.5 Å². The highest BCUT2D eigenvalue weighted by Crippen LogP contribution is 2.39. The Kier molecular flexibility index (Phi) is 7.88. The van der Waals surface area contributed by atoms with Crippen LogP contribution in [0.1, 0.15) is 72.6 Å². The normalized spacial score (nSPS) is 22.0. The van der Waals surface area contributed by atoms with E-state index in [0.29, 0.717) is 25.4 Å². The van der Waals surface area contributed by atoms with Gasteiger partial charge in [-0.2, -0.15) is 0 Å². The highest BCUT2D eigenvalue weighted by molar-refractivity contribution is 7.10. The Bertz CT molecular complexity index is 1030. The van der Waals surface area contributed by atoms with Crippen LogP contribution in [0.3, 0.4) is 0 Å². The molecule has 188 valence electrons. The summed E-state index contributed by atoms with van der Waals surface area (Å²) in [5, 5.41) is 2.21. The van der Waals surface area contributed by atoms with Gasteiger partial charge in [0.05, 0.1) is 6.04 Å². The van der Waals surface area contributed by atoms with Crippen molar-refractivity contribution in [2.45, 2.75) is 64.3 Å². The summed E-state index contributed by atoms with van der Waals surface area (Å²) in [6.45, 7) is 6.88. The Balaban J connectivity index is 1.20. The van der Waals surface area contributed by atoms with E-state index in [9.17, 15) is 9.59 Å². The SMILES string of the molecule is Cc1ccccc1C1c2ccsc2CCN1CCC(=O)N1CCCN(C(=O)C2CCCCC2)CC1. The van der Waals surface area contributed by atoms with Gasteiger partial charge < -0.3 is 9.80 Å². The van der Waals surface area contributed by atoms with Gasteiger partial charge >= 0.3 is 0 Å². The molecule has 1 atom stereocenters. The van der Waals surface area contributed by atoms with Crippen molar-refractivity contribution in [2.24, 2.45) is 5.92 Å². The summed E-state index contributed by atoms with van der Waals surface area (Å²) >= 11 is 1.86. The standard InChI is InChI=1S/C29H39N3O2S/c1-22-8-5-6-11-24(22)28-25-14-21-35-26(25)12-17-31(28)18-13-27(33)30-15-7-16-32(20-19-30)29(34)23-9-3-2-4-10-23/h5-6,8,11,14,21,23,28H,2-4,7,9-10,12-13,15-20H2,1H3. The van der Waals surface area contributed by atoms with E-state index in [4.69, 9.17) is 0 Å². The second kappa shape index (κ2) is 11.3. The first-order chi connectivity index (χ1) is 17.1. The van der Waals surface area contributed by atoms with Crippen molar-refractivity contribution in [3.05, 3.63) is 57.3 Å². The maximum atomic E-state index is 13.3. The maximum Gasteiger partial charge on any atom is 0.225 e. The van der Waals surface area contributed by atoms with Crippen LogP contribution in [0, 0.1) is 12.8 Å². The van der Waals surface area contributed by atoms with Gasteiger partial charge in [-0.25, -0.2) is 0 Å². The van der Waals surface area contributed by atoms with Gasteiger partial charge in [-0.15, -0.1) is 11.3 Å². The lowest BCUT2D eigenvalue weighted by molar-refractivity contribution is -0.137. The van der Waals surface area contributed by atoms with E-state index in [1.807, 2.05) is 21.1 Å². The molecule has 0 N–H and O–H groups in total. The molecule has 1 aromatic carbocycles. The van der Waals surface area contributed by atoms with Crippen LogP contribution in [0.15, 0.2) is 35.7 Å². The molecule has 1 unspecified atom stereocenters. The predicted molar refractivity (Wildman–Crippen MR) is 142 cm³/mol. The van der Waals surface area contributed by atoms with Gasteiger partial charge in [0, 0.05) is 56.5 Å². The molecule has 6 heteroatoms. The van der Waals surface area contributed by atoms with E-state index < -0.39 is 0 Å². The van der Waals surface area contributed by atoms with E-state index in [1.54, 1.807) is 0 Å². The first kappa shape index (κ1) is 24.5. The topological polar surface area (TPSA) is 43.9 Å². The van der Waals surface area contributed by atoms with Crippen LogP contribution in [0.2, 0.25) is 0 Å². The van der Waals surface area contributed by atoms with Gasteiger partial charge in [0.25, 0.3) is 0 Å². The number of benzene rings is 1. The zero-order valence-corrected chi connectivity index (χ0v) is 21.9. The average Bonchev–Trinajstić information content (AvgIpc) is 3.23. The molecule has 2 amide bonds. The fourth-order valence-electron chi connectivity index (χ4n) is 6.26. The van der Waals surface area contributed by atoms with Crippen molar-refractivity contribution in [1.29, 1.82) is 0 Å². The van der Waals surface area contributed by atoms with E-state index >= 15 is 0 Å². The Morgan fingerprint density at radius 2 is 1.66 bits per heavy atom. The monoisotopic (exact) mass is 493 g/mol. The van der Waals surface area contributed by atoms with Crippen LogP contribution in [-0.2, 0) is 16.0 Å². The highest BCUT2D eigenvalue weighted by Gasteiger charge is 2.32. The molecule has 1 aliphatic carbocycles. The summed E-state index contributed by atoms with van der Waals surface area (Å²) in [7, 11) is 0. The lowest BCUT2D eigenvalue weighted by atomic mass is 9.88. The van der Waals surface area contributed by atoms with Gasteiger partial charge in [-0.1, -0.05) is 43.5 Å². The van der Waals surface area contributed by atoms with E-state index in [2.05, 4.69) is 47.5 Å². The molecule has 0 spiro atoms. The summed E-state index contributed by atoms with van der Waals surface area (Å²) < 4.78 is 0. The minimum Gasteiger partial charge on any atom is -0.341 e. The van der Waals surface area contributed by atoms with Crippen molar-refractivity contribution in [3.8, 4) is 0 Å². The third-order valence-electron chi connectivity index (χ3n) is 8.28. The molecule has 3 aliphatic rings. The summed E-state index contributed by atoms with van der Waals surface area (Å²) in [5.41, 5.74) is 4.07. The number of thiophene rings is 1. The van der Waals surface area contributed by atoms with Crippen LogP contribution in [0.25, 0.3) is 0 Å². The number of nitrogens with zero attached hydrogens (tertiary/aromatic N) is 3. The lowest BCUT2D eigenvalue weighted by Gasteiger charge is -2.37. The van der Waals surface area contributed by atoms with Crippen molar-refractivity contribution >= 4 is 23.2 Å². The van der Waals surface area contributed by atoms with Crippen LogP contribution in [-0.4, -0.2) is 65.8 Å². The second-order valence-corrected chi connectivity index (χ2v) is 11.5. The van der Waals surface area contributed by atoms with E-state index in [1.165, 1.54) is 40.8 Å². The molecule has 35 heavy (non-hydrogen) atoms. The lowest BCUT2D eigenvalue weighted by Crippen LogP contribution is -2.42. The minimum absolute atomic E-state index is 0.213. The Morgan fingerprint density at radius 1 is 0.886 bits per heavy atom. The number of amides is 2. The molecule has 1 saturated carbocycles. The van der Waals surface area contributed by atoms with Crippen molar-refractivity contribution < 1.29 is 9.59 Å². The first-order valence-corrected chi connectivity index (χ1v) is 14.4. The fourth-order valence-corrected chi connectivity index (χ4v) is 7.16. The Labute approximate surface area is 214 Å². The van der Waals surface area contributed by atoms with Crippen LogP contribution < -0.4 is 0 Å². The number of hydrogen-bond acceptors (Lipinski definition) is 4. The molecule has 1 saturated heterocycles. The Hall–Kier alpha value is -2.18. The molecule has 2 aliphatic heterocycles. The van der Waals surface area contributed by atoms with Crippen molar-refractivity contribution in [2.75, 3.05) is 39.3 Å². The summed E-state index contributed by atoms with van der Waals surface area (Å²) in [5.74, 6) is 0.780. The third kappa shape index (κ3) is 5.49. The number of fused-ring (bicyclic) bond motifs is 1. The molecule has 5 nitrogen and oxygen atoms in total. The van der Waals surface area contributed by atoms with Crippen molar-refractivity contribution in [1.82, 2.24) is 14.7 Å². The van der Waals surface area contributed by atoms with E-state index in [0.717, 1.165) is 51.9 Å². The molecule has 2 aromatic rings. The van der Waals surface area contributed by atoms with Crippen molar-refractivity contribution in [3.63, 3.8) is 0 Å². The highest BCUT2D eigenvalue weighted by atomic mass is 32.1. The number of hydrogen-bond donors (Lipinski definition) is 0. The third-order valence-corrected chi connectivity index (χ3v) is 9.27. The number of carbonyl (C=O) groups is 2. The van der Waals surface area contributed by atoms with Crippen LogP contribution in [0.4, 0.5) is 0 Å². The maximum absolute atomic E-state index is 13.3. The Morgan fingerprint density at radius 3 is 2.49 bits per heavy atom. The zero-order chi connectivity index (χ0) is 24.2. The molecule has 2 fully saturated rings. The number of rotatable bonds is 5. The largest absolute Gasteiger partial charge is 0.341 e. The first-order valence-electron chi connectivity index (χ1n) is 13.5. The minimum atomic E-state index is 0.213. The second-order valence-electron chi connectivity index (χ2n) is 10.5. The van der Waals surface area contributed by atoms with E-state index in [-0.39, 0.29) is 17.9 Å². The van der Waals surface area contributed by atoms with Crippen LogP contribution >= 0.6 is 11.3 Å². The summed E-state index contributed by atoms with van der Waals surface area (Å²) in [6, 6.07) is 11.2. The molecular weight excluding hydrogens is 454 g/mol. The van der Waals surface area contributed by atoms with Gasteiger partial charge in [0.2, 0.25) is 11.8 Å². The smallest absolute Gasteiger partial charge is 0.225 e. The molecule has 3 heterocycles. The predicted octanol–water partition coefficient (Wildman–Crippen LogP) is 5.04. The van der Waals surface area contributed by atoms with Gasteiger partial charge in [-0.05, 0) is 60.7 Å². The molecule has 1 aromatic heterocycles. The molecule has 0 bridgehead atoms. The van der Waals surface area contributed by atoms with Gasteiger partial charge in [0.1, 0.15) is 0 Å². The van der Waals surface area contributed by atoms with Crippen LogP contribution in [0.5, 0.6) is 0 Å². The fraction of sp³-hybridized carbons (Fsp3) is 0.586. The number of carbonyl (C=O) groups excluding carboxylic acids is 2. The molecule has 0 radical (unpaired) electrons. The summed E-state index contributed by atoms with van der Waals surface area (Å²) in [4.78, 5) is 34.3. The molecular formula is C29H39N3O2S. The van der Waals surface area contributed by atoms with Gasteiger partial charge in [0.15, 0.2) is 0 Å². The molecule has 5 rings (SSSR count). The quantitative estimate of drug-likeness (QED) is 0.586.